The molecular weight excluding hydrogens is 288 g/mol. The number of thiophene rings is 1. The largest absolute Gasteiger partial charge is 0.397 e. The molecule has 7 heteroatoms. The third-order valence-corrected chi connectivity index (χ3v) is 4.44. The zero-order valence-electron chi connectivity index (χ0n) is 12.5. The van der Waals surface area contributed by atoms with E-state index < -0.39 is 0 Å². The monoisotopic (exact) mass is 312 g/mol. The molecule has 0 aliphatic carbocycles. The molecule has 21 heavy (non-hydrogen) atoms. The first-order chi connectivity index (χ1) is 10.2. The Bertz CT molecular complexity index is 458. The number of nitrogen functional groups attached to an aromatic ring is 1. The van der Waals surface area contributed by atoms with Crippen molar-refractivity contribution < 1.29 is 9.53 Å². The van der Waals surface area contributed by atoms with Crippen molar-refractivity contribution in [3.63, 3.8) is 0 Å². The van der Waals surface area contributed by atoms with Crippen LogP contribution in [0.5, 0.6) is 0 Å². The van der Waals surface area contributed by atoms with Crippen molar-refractivity contribution in [1.82, 2.24) is 10.2 Å². The van der Waals surface area contributed by atoms with Gasteiger partial charge >= 0.3 is 0 Å². The molecule has 6 nitrogen and oxygen atoms in total. The predicted molar refractivity (Wildman–Crippen MR) is 87.1 cm³/mol. The lowest BCUT2D eigenvalue weighted by atomic mass is 10.3. The number of rotatable bonds is 7. The number of nitrogens with one attached hydrogen (secondary N) is 2. The Hall–Kier alpha value is -1.31. The van der Waals surface area contributed by atoms with E-state index in [-0.39, 0.29) is 5.91 Å². The second-order valence-corrected chi connectivity index (χ2v) is 6.08. The zero-order chi connectivity index (χ0) is 15.1. The summed E-state index contributed by atoms with van der Waals surface area (Å²) in [7, 11) is 0. The van der Waals surface area contributed by atoms with E-state index in [1.165, 1.54) is 11.3 Å². The maximum absolute atomic E-state index is 11.9. The van der Waals surface area contributed by atoms with Gasteiger partial charge in [0, 0.05) is 32.7 Å². The maximum atomic E-state index is 11.9. The molecule has 0 saturated carbocycles. The number of nitrogens with two attached hydrogens (primary N) is 1. The van der Waals surface area contributed by atoms with Crippen molar-refractivity contribution in [3.8, 4) is 0 Å². The molecule has 1 aliphatic heterocycles. The van der Waals surface area contributed by atoms with Crippen LogP contribution in [0, 0.1) is 0 Å². The van der Waals surface area contributed by atoms with Crippen LogP contribution in [0.3, 0.4) is 0 Å². The summed E-state index contributed by atoms with van der Waals surface area (Å²) in [5.74, 6) is -0.0828. The summed E-state index contributed by atoms with van der Waals surface area (Å²) in [6.45, 7) is 8.11. The average molecular weight is 312 g/mol. The van der Waals surface area contributed by atoms with Crippen LogP contribution >= 0.6 is 11.3 Å². The molecule has 1 aliphatic rings. The van der Waals surface area contributed by atoms with Crippen LogP contribution < -0.4 is 16.4 Å². The van der Waals surface area contributed by atoms with Crippen LogP contribution in [-0.4, -0.2) is 56.7 Å². The van der Waals surface area contributed by atoms with Crippen LogP contribution in [0.2, 0.25) is 0 Å². The molecule has 1 aromatic rings. The Morgan fingerprint density at radius 3 is 2.90 bits per heavy atom. The number of nitrogens with zero attached hydrogens (tertiary/aromatic N) is 1. The predicted octanol–water partition coefficient (Wildman–Crippen LogP) is 1.21. The van der Waals surface area contributed by atoms with Gasteiger partial charge in [-0.05, 0) is 12.5 Å². The molecule has 2 rings (SSSR count). The van der Waals surface area contributed by atoms with Crippen LogP contribution in [-0.2, 0) is 4.74 Å². The second-order valence-electron chi connectivity index (χ2n) is 5.03. The highest BCUT2D eigenvalue weighted by Gasteiger charge is 2.14. The van der Waals surface area contributed by atoms with Crippen molar-refractivity contribution in [3.05, 3.63) is 10.9 Å². The highest BCUT2D eigenvalue weighted by Crippen LogP contribution is 2.28. The van der Waals surface area contributed by atoms with Gasteiger partial charge in [-0.25, -0.2) is 0 Å². The molecule has 0 aromatic carbocycles. The van der Waals surface area contributed by atoms with E-state index in [1.54, 1.807) is 0 Å². The lowest BCUT2D eigenvalue weighted by Gasteiger charge is -2.26. The Kier molecular flexibility index (Phi) is 6.28. The molecule has 1 fully saturated rings. The minimum absolute atomic E-state index is 0.0828. The van der Waals surface area contributed by atoms with E-state index in [1.807, 2.05) is 13.0 Å². The first-order valence-electron chi connectivity index (χ1n) is 7.42. The van der Waals surface area contributed by atoms with E-state index in [9.17, 15) is 4.79 Å². The summed E-state index contributed by atoms with van der Waals surface area (Å²) < 4.78 is 5.32. The summed E-state index contributed by atoms with van der Waals surface area (Å²) in [6, 6.07) is 1.84. The van der Waals surface area contributed by atoms with Gasteiger partial charge in [-0.1, -0.05) is 6.92 Å². The van der Waals surface area contributed by atoms with Crippen molar-refractivity contribution in [2.24, 2.45) is 0 Å². The van der Waals surface area contributed by atoms with Gasteiger partial charge in [0.05, 0.1) is 23.9 Å². The summed E-state index contributed by atoms with van der Waals surface area (Å²) in [5.41, 5.74) is 6.46. The minimum Gasteiger partial charge on any atom is -0.397 e. The number of morpholine rings is 1. The Morgan fingerprint density at radius 1 is 1.43 bits per heavy atom. The van der Waals surface area contributed by atoms with Crippen LogP contribution in [0.1, 0.15) is 23.0 Å². The quantitative estimate of drug-likeness (QED) is 0.705. The summed E-state index contributed by atoms with van der Waals surface area (Å²) >= 11 is 1.41. The number of carbonyl (C=O) groups is 1. The summed E-state index contributed by atoms with van der Waals surface area (Å²) in [6.07, 6.45) is 0.918. The third-order valence-electron chi connectivity index (χ3n) is 3.33. The Balaban J connectivity index is 1.79. The minimum atomic E-state index is -0.0828. The van der Waals surface area contributed by atoms with Gasteiger partial charge in [0.25, 0.3) is 5.91 Å². The molecule has 0 bridgehead atoms. The van der Waals surface area contributed by atoms with E-state index in [2.05, 4.69) is 15.5 Å². The van der Waals surface area contributed by atoms with Gasteiger partial charge in [-0.15, -0.1) is 11.3 Å². The number of hydrogen-bond donors (Lipinski definition) is 3. The second kappa shape index (κ2) is 8.21. The molecule has 0 unspecified atom stereocenters. The van der Waals surface area contributed by atoms with Gasteiger partial charge in [0.15, 0.2) is 0 Å². The van der Waals surface area contributed by atoms with Gasteiger partial charge < -0.3 is 21.1 Å². The SMILES string of the molecule is CCCNC(=O)c1sc(NCCN2CCOCC2)cc1N. The van der Waals surface area contributed by atoms with Crippen molar-refractivity contribution in [1.29, 1.82) is 0 Å². The highest BCUT2D eigenvalue weighted by molar-refractivity contribution is 7.18. The number of hydrogen-bond acceptors (Lipinski definition) is 6. The van der Waals surface area contributed by atoms with E-state index in [0.717, 1.165) is 50.8 Å². The smallest absolute Gasteiger partial charge is 0.263 e. The van der Waals surface area contributed by atoms with Gasteiger partial charge in [-0.2, -0.15) is 0 Å². The van der Waals surface area contributed by atoms with Crippen molar-refractivity contribution in [2.45, 2.75) is 13.3 Å². The Labute approximate surface area is 129 Å². The molecule has 1 saturated heterocycles. The fraction of sp³-hybridized carbons (Fsp3) is 0.643. The van der Waals surface area contributed by atoms with Crippen LogP contribution in [0.4, 0.5) is 10.7 Å². The van der Waals surface area contributed by atoms with Gasteiger partial charge in [0.1, 0.15) is 4.88 Å². The molecule has 0 atom stereocenters. The molecule has 0 spiro atoms. The highest BCUT2D eigenvalue weighted by atomic mass is 32.1. The van der Waals surface area contributed by atoms with Crippen molar-refractivity contribution >= 4 is 27.9 Å². The first-order valence-corrected chi connectivity index (χ1v) is 8.24. The molecule has 4 N–H and O–H groups in total. The third kappa shape index (κ3) is 4.87. The number of amides is 1. The Morgan fingerprint density at radius 2 is 2.19 bits per heavy atom. The molecule has 118 valence electrons. The van der Waals surface area contributed by atoms with Crippen LogP contribution in [0.15, 0.2) is 6.07 Å². The summed E-state index contributed by atoms with van der Waals surface area (Å²) in [5, 5.41) is 7.14. The fourth-order valence-corrected chi connectivity index (χ4v) is 3.07. The number of ether oxygens (including phenoxy) is 1. The van der Waals surface area contributed by atoms with E-state index >= 15 is 0 Å². The average Bonchev–Trinajstić information content (AvgIpc) is 2.87. The molecular formula is C14H24N4O2S. The number of anilines is 2. The normalized spacial score (nSPS) is 15.9. The lowest BCUT2D eigenvalue weighted by molar-refractivity contribution is 0.0398. The summed E-state index contributed by atoms with van der Waals surface area (Å²) in [4.78, 5) is 14.9. The lowest BCUT2D eigenvalue weighted by Crippen LogP contribution is -2.38. The molecule has 0 radical (unpaired) electrons. The molecule has 1 amide bonds. The number of carbonyl (C=O) groups excluding carboxylic acids is 1. The molecule has 1 aromatic heterocycles. The van der Waals surface area contributed by atoms with Crippen LogP contribution in [0.25, 0.3) is 0 Å². The topological polar surface area (TPSA) is 79.6 Å². The van der Waals surface area contributed by atoms with Gasteiger partial charge in [0.2, 0.25) is 0 Å². The van der Waals surface area contributed by atoms with E-state index in [4.69, 9.17) is 10.5 Å². The zero-order valence-corrected chi connectivity index (χ0v) is 13.3. The molecule has 2 heterocycles. The fourth-order valence-electron chi connectivity index (χ4n) is 2.15. The maximum Gasteiger partial charge on any atom is 0.263 e. The van der Waals surface area contributed by atoms with Gasteiger partial charge in [-0.3, -0.25) is 9.69 Å². The standard InChI is InChI=1S/C14H24N4O2S/c1-2-3-17-14(19)13-11(15)10-12(21-13)16-4-5-18-6-8-20-9-7-18/h10,16H,2-9,15H2,1H3,(H,17,19). The first kappa shape index (κ1) is 16.1. The van der Waals surface area contributed by atoms with Crippen molar-refractivity contribution in [2.75, 3.05) is 57.0 Å². The van der Waals surface area contributed by atoms with E-state index in [0.29, 0.717) is 17.1 Å².